The van der Waals surface area contributed by atoms with Crippen molar-refractivity contribution in [3.05, 3.63) is 41.9 Å². The molecular formula is C18H19N5O2S. The Morgan fingerprint density at radius 1 is 1.12 bits per heavy atom. The molecule has 26 heavy (non-hydrogen) atoms. The van der Waals surface area contributed by atoms with Crippen LogP contribution in [0.5, 0.6) is 5.75 Å². The second-order valence-corrected chi connectivity index (χ2v) is 6.89. The second-order valence-electron chi connectivity index (χ2n) is 6.16. The van der Waals surface area contributed by atoms with Gasteiger partial charge >= 0.3 is 0 Å². The lowest BCUT2D eigenvalue weighted by Crippen LogP contribution is -2.49. The van der Waals surface area contributed by atoms with Crippen molar-refractivity contribution in [2.75, 3.05) is 38.2 Å². The van der Waals surface area contributed by atoms with Gasteiger partial charge in [0.1, 0.15) is 17.3 Å². The number of fused-ring (bicyclic) bond motifs is 1. The van der Waals surface area contributed by atoms with Crippen LogP contribution in [0.2, 0.25) is 0 Å². The summed E-state index contributed by atoms with van der Waals surface area (Å²) < 4.78 is 9.45. The average molecular weight is 369 g/mol. The van der Waals surface area contributed by atoms with E-state index >= 15 is 0 Å². The Hall–Kier alpha value is -2.74. The molecule has 0 unspecified atom stereocenters. The van der Waals surface area contributed by atoms with Crippen molar-refractivity contribution in [3.63, 3.8) is 0 Å². The van der Waals surface area contributed by atoms with E-state index in [4.69, 9.17) is 4.74 Å². The Labute approximate surface area is 155 Å². The van der Waals surface area contributed by atoms with E-state index in [0.29, 0.717) is 18.8 Å². The van der Waals surface area contributed by atoms with Gasteiger partial charge in [-0.25, -0.2) is 9.97 Å². The van der Waals surface area contributed by atoms with Crippen molar-refractivity contribution in [3.8, 4) is 5.75 Å². The molecule has 0 atom stereocenters. The van der Waals surface area contributed by atoms with Crippen LogP contribution in [0.1, 0.15) is 16.3 Å². The number of aromatic nitrogens is 3. The van der Waals surface area contributed by atoms with Crippen LogP contribution in [-0.2, 0) is 0 Å². The van der Waals surface area contributed by atoms with Crippen molar-refractivity contribution in [1.82, 2.24) is 19.2 Å². The summed E-state index contributed by atoms with van der Waals surface area (Å²) in [5.41, 5.74) is 1.27. The highest BCUT2D eigenvalue weighted by molar-refractivity contribution is 7.09. The summed E-state index contributed by atoms with van der Waals surface area (Å²) in [4.78, 5) is 25.8. The van der Waals surface area contributed by atoms with E-state index in [0.717, 1.165) is 40.7 Å². The highest BCUT2D eigenvalue weighted by Crippen LogP contribution is 2.21. The third kappa shape index (κ3) is 3.20. The summed E-state index contributed by atoms with van der Waals surface area (Å²) in [6.45, 7) is 4.71. The molecule has 0 radical (unpaired) electrons. The largest absolute Gasteiger partial charge is 0.497 e. The molecule has 4 rings (SSSR count). The summed E-state index contributed by atoms with van der Waals surface area (Å²) in [7, 11) is 1.63. The van der Waals surface area contributed by atoms with Gasteiger partial charge in [-0.2, -0.15) is 4.37 Å². The number of amides is 1. The fourth-order valence-corrected chi connectivity index (χ4v) is 3.75. The Balaban J connectivity index is 1.47. The first kappa shape index (κ1) is 16.7. The molecule has 1 aliphatic rings. The van der Waals surface area contributed by atoms with Gasteiger partial charge in [-0.3, -0.25) is 4.79 Å². The standard InChI is InChI=1S/C18H19N5O2S/c1-12-19-18(26-21-12)23-9-7-22(8-10-23)17(24)16-5-3-13-11-14(25-2)4-6-15(13)20-16/h3-6,11H,7-10H2,1-2H3. The van der Waals surface area contributed by atoms with E-state index < -0.39 is 0 Å². The second kappa shape index (κ2) is 6.87. The number of rotatable bonds is 3. The predicted octanol–water partition coefficient (Wildman–Crippen LogP) is 2.37. The van der Waals surface area contributed by atoms with Gasteiger partial charge in [0.2, 0.25) is 5.13 Å². The van der Waals surface area contributed by atoms with E-state index in [9.17, 15) is 4.79 Å². The number of carbonyl (C=O) groups is 1. The average Bonchev–Trinajstić information content (AvgIpc) is 3.13. The molecule has 7 nitrogen and oxygen atoms in total. The lowest BCUT2D eigenvalue weighted by Gasteiger charge is -2.34. The number of hydrogen-bond acceptors (Lipinski definition) is 7. The number of nitrogens with zero attached hydrogens (tertiary/aromatic N) is 5. The Morgan fingerprint density at radius 2 is 1.92 bits per heavy atom. The first-order chi connectivity index (χ1) is 12.6. The van der Waals surface area contributed by atoms with Gasteiger partial charge in [-0.15, -0.1) is 0 Å². The molecule has 8 heteroatoms. The maximum Gasteiger partial charge on any atom is 0.272 e. The lowest BCUT2D eigenvalue weighted by molar-refractivity contribution is 0.0741. The SMILES string of the molecule is COc1ccc2nc(C(=O)N3CCN(c4nc(C)ns4)CC3)ccc2c1. The quantitative estimate of drug-likeness (QED) is 0.706. The number of methoxy groups -OCH3 is 1. The zero-order chi connectivity index (χ0) is 18.1. The smallest absolute Gasteiger partial charge is 0.272 e. The first-order valence-electron chi connectivity index (χ1n) is 8.43. The van der Waals surface area contributed by atoms with E-state index in [1.54, 1.807) is 13.2 Å². The molecule has 3 heterocycles. The van der Waals surface area contributed by atoms with Crippen LogP contribution >= 0.6 is 11.5 Å². The van der Waals surface area contributed by atoms with Gasteiger partial charge in [0.05, 0.1) is 12.6 Å². The molecule has 0 aliphatic carbocycles. The summed E-state index contributed by atoms with van der Waals surface area (Å²) in [5, 5.41) is 1.88. The van der Waals surface area contributed by atoms with Crippen LogP contribution in [0.3, 0.4) is 0 Å². The maximum atomic E-state index is 12.8. The number of ether oxygens (including phenoxy) is 1. The van der Waals surface area contributed by atoms with E-state index in [1.165, 1.54) is 11.5 Å². The van der Waals surface area contributed by atoms with Crippen LogP contribution in [0.25, 0.3) is 10.9 Å². The van der Waals surface area contributed by atoms with Crippen molar-refractivity contribution in [2.45, 2.75) is 6.92 Å². The summed E-state index contributed by atoms with van der Waals surface area (Å²) in [6.07, 6.45) is 0. The van der Waals surface area contributed by atoms with Crippen molar-refractivity contribution < 1.29 is 9.53 Å². The number of pyridine rings is 1. The van der Waals surface area contributed by atoms with Crippen molar-refractivity contribution in [1.29, 1.82) is 0 Å². The monoisotopic (exact) mass is 369 g/mol. The number of aryl methyl sites for hydroxylation is 1. The topological polar surface area (TPSA) is 71.5 Å². The Bertz CT molecular complexity index is 950. The number of hydrogen-bond donors (Lipinski definition) is 0. The summed E-state index contributed by atoms with van der Waals surface area (Å²) in [5.74, 6) is 1.54. The van der Waals surface area contributed by atoms with Gasteiger partial charge in [0.15, 0.2) is 0 Å². The summed E-state index contributed by atoms with van der Waals surface area (Å²) >= 11 is 1.41. The highest BCUT2D eigenvalue weighted by Gasteiger charge is 2.24. The van der Waals surface area contributed by atoms with Gasteiger partial charge < -0.3 is 14.5 Å². The summed E-state index contributed by atoms with van der Waals surface area (Å²) in [6, 6.07) is 9.34. The molecule has 2 aromatic heterocycles. The van der Waals surface area contributed by atoms with Gasteiger partial charge in [0.25, 0.3) is 5.91 Å². The first-order valence-corrected chi connectivity index (χ1v) is 9.21. The third-order valence-corrected chi connectivity index (χ3v) is 5.34. The van der Waals surface area contributed by atoms with Crippen LogP contribution < -0.4 is 9.64 Å². The molecule has 0 saturated carbocycles. The fourth-order valence-electron chi connectivity index (χ4n) is 3.03. The van der Waals surface area contributed by atoms with E-state index in [-0.39, 0.29) is 5.91 Å². The molecule has 1 aliphatic heterocycles. The molecule has 1 saturated heterocycles. The van der Waals surface area contributed by atoms with Crippen LogP contribution in [-0.4, -0.2) is 58.4 Å². The molecule has 1 aromatic carbocycles. The number of anilines is 1. The van der Waals surface area contributed by atoms with Crippen LogP contribution in [0.15, 0.2) is 30.3 Å². The van der Waals surface area contributed by atoms with E-state index in [1.807, 2.05) is 36.1 Å². The minimum Gasteiger partial charge on any atom is -0.497 e. The van der Waals surface area contributed by atoms with E-state index in [2.05, 4.69) is 19.2 Å². The molecule has 1 fully saturated rings. The van der Waals surface area contributed by atoms with Crippen molar-refractivity contribution in [2.24, 2.45) is 0 Å². The zero-order valence-electron chi connectivity index (χ0n) is 14.7. The van der Waals surface area contributed by atoms with Crippen LogP contribution in [0.4, 0.5) is 5.13 Å². The number of carbonyl (C=O) groups excluding carboxylic acids is 1. The number of benzene rings is 1. The fraction of sp³-hybridized carbons (Fsp3) is 0.333. The number of piperazine rings is 1. The zero-order valence-corrected chi connectivity index (χ0v) is 15.5. The maximum absolute atomic E-state index is 12.8. The minimum atomic E-state index is -0.0317. The highest BCUT2D eigenvalue weighted by atomic mass is 32.1. The molecule has 0 bridgehead atoms. The van der Waals surface area contributed by atoms with Gasteiger partial charge in [0, 0.05) is 43.1 Å². The van der Waals surface area contributed by atoms with Gasteiger partial charge in [-0.1, -0.05) is 6.07 Å². The van der Waals surface area contributed by atoms with Gasteiger partial charge in [-0.05, 0) is 31.2 Å². The molecule has 0 N–H and O–H groups in total. The van der Waals surface area contributed by atoms with Crippen molar-refractivity contribution >= 4 is 33.5 Å². The predicted molar refractivity (Wildman–Crippen MR) is 101 cm³/mol. The third-order valence-electron chi connectivity index (χ3n) is 4.47. The molecular weight excluding hydrogens is 350 g/mol. The molecule has 1 amide bonds. The molecule has 3 aromatic rings. The van der Waals surface area contributed by atoms with Crippen LogP contribution in [0, 0.1) is 6.92 Å². The molecule has 0 spiro atoms. The minimum absolute atomic E-state index is 0.0317. The normalized spacial score (nSPS) is 14.7. The molecule has 134 valence electrons. The lowest BCUT2D eigenvalue weighted by atomic mass is 10.2. The Morgan fingerprint density at radius 3 is 2.62 bits per heavy atom. The Kier molecular flexibility index (Phi) is 4.42.